The summed E-state index contributed by atoms with van der Waals surface area (Å²) in [6.07, 6.45) is 1.49. The molecule has 0 radical (unpaired) electrons. The molecule has 1 aliphatic rings. The number of rotatable bonds is 3. The lowest BCUT2D eigenvalue weighted by Crippen LogP contribution is -2.48. The Balaban J connectivity index is 1.41. The molecule has 0 aromatic carbocycles. The van der Waals surface area contributed by atoms with Crippen LogP contribution in [-0.4, -0.2) is 47.1 Å². The van der Waals surface area contributed by atoms with E-state index >= 15 is 0 Å². The first kappa shape index (κ1) is 14.4. The topological polar surface area (TPSA) is 62.5 Å². The fraction of sp³-hybridized carbons (Fsp3) is 0.267. The van der Waals surface area contributed by atoms with Gasteiger partial charge in [0.25, 0.3) is 5.91 Å². The molecule has 8 heteroatoms. The highest BCUT2D eigenvalue weighted by Gasteiger charge is 2.25. The molecule has 3 aromatic rings. The normalized spacial score (nSPS) is 15.1. The fourth-order valence-electron chi connectivity index (χ4n) is 2.54. The lowest BCUT2D eigenvalue weighted by atomic mass is 10.3. The van der Waals surface area contributed by atoms with Crippen molar-refractivity contribution in [2.75, 3.05) is 31.1 Å². The van der Waals surface area contributed by atoms with Gasteiger partial charge in [0.15, 0.2) is 5.13 Å². The Morgan fingerprint density at radius 1 is 1.17 bits per heavy atom. The van der Waals surface area contributed by atoms with Crippen LogP contribution in [0.1, 0.15) is 10.6 Å². The minimum atomic E-state index is -0.0970. The molecule has 1 fully saturated rings. The maximum Gasteiger partial charge on any atom is 0.292 e. The van der Waals surface area contributed by atoms with Crippen molar-refractivity contribution in [3.63, 3.8) is 0 Å². The minimum absolute atomic E-state index is 0.0970. The maximum atomic E-state index is 12.2. The number of thiazole rings is 1. The first-order chi connectivity index (χ1) is 11.3. The van der Waals surface area contributed by atoms with E-state index in [0.717, 1.165) is 29.5 Å². The van der Waals surface area contributed by atoms with E-state index in [1.165, 1.54) is 6.20 Å². The van der Waals surface area contributed by atoms with Gasteiger partial charge in [-0.05, 0) is 11.4 Å². The molecule has 1 aliphatic heterocycles. The van der Waals surface area contributed by atoms with Crippen molar-refractivity contribution in [1.29, 1.82) is 0 Å². The summed E-state index contributed by atoms with van der Waals surface area (Å²) >= 11 is 3.32. The number of piperazine rings is 1. The van der Waals surface area contributed by atoms with Crippen molar-refractivity contribution in [3.8, 4) is 11.3 Å². The number of amides is 1. The first-order valence-electron chi connectivity index (χ1n) is 7.24. The molecule has 4 heterocycles. The van der Waals surface area contributed by atoms with Crippen LogP contribution in [0, 0.1) is 0 Å². The Labute approximate surface area is 141 Å². The Bertz CT molecular complexity index is 774. The van der Waals surface area contributed by atoms with Gasteiger partial charge in [0.05, 0.1) is 11.9 Å². The van der Waals surface area contributed by atoms with Gasteiger partial charge in [-0.15, -0.1) is 11.3 Å². The molecule has 4 rings (SSSR count). The number of nitrogens with zero attached hydrogens (tertiary/aromatic N) is 4. The highest BCUT2D eigenvalue weighted by molar-refractivity contribution is 7.14. The summed E-state index contributed by atoms with van der Waals surface area (Å²) in [5, 5.41) is 10.8. The molecule has 23 heavy (non-hydrogen) atoms. The zero-order valence-electron chi connectivity index (χ0n) is 12.2. The SMILES string of the molecule is O=C(c1ccno1)N1CCN(c2nc(-c3ccsc3)cs2)CC1. The van der Waals surface area contributed by atoms with Crippen molar-refractivity contribution >= 4 is 33.7 Å². The van der Waals surface area contributed by atoms with Gasteiger partial charge in [-0.1, -0.05) is 5.16 Å². The maximum absolute atomic E-state index is 12.2. The molecule has 0 aliphatic carbocycles. The molecule has 6 nitrogen and oxygen atoms in total. The zero-order chi connectivity index (χ0) is 15.6. The van der Waals surface area contributed by atoms with Crippen molar-refractivity contribution < 1.29 is 9.32 Å². The van der Waals surface area contributed by atoms with Gasteiger partial charge in [-0.3, -0.25) is 4.79 Å². The van der Waals surface area contributed by atoms with Crippen LogP contribution >= 0.6 is 22.7 Å². The summed E-state index contributed by atoms with van der Waals surface area (Å²) in [7, 11) is 0. The Kier molecular flexibility index (Phi) is 3.84. The lowest BCUT2D eigenvalue weighted by Gasteiger charge is -2.34. The molecule has 3 aromatic heterocycles. The summed E-state index contributed by atoms with van der Waals surface area (Å²) < 4.78 is 4.94. The molecule has 0 saturated carbocycles. The predicted octanol–water partition coefficient (Wildman–Crippen LogP) is 2.82. The quantitative estimate of drug-likeness (QED) is 0.730. The van der Waals surface area contributed by atoms with E-state index < -0.39 is 0 Å². The molecule has 0 atom stereocenters. The van der Waals surface area contributed by atoms with Gasteiger partial charge in [0, 0.05) is 48.6 Å². The van der Waals surface area contributed by atoms with Crippen molar-refractivity contribution in [1.82, 2.24) is 15.0 Å². The standard InChI is InChI=1S/C15H14N4O2S2/c20-14(13-1-3-16-21-13)18-4-6-19(7-5-18)15-17-12(10-23-15)11-2-8-22-9-11/h1-3,8-10H,4-7H2. The third kappa shape index (κ3) is 2.87. The van der Waals surface area contributed by atoms with Gasteiger partial charge in [0.1, 0.15) is 0 Å². The number of carbonyl (C=O) groups is 1. The highest BCUT2D eigenvalue weighted by atomic mass is 32.1. The molecule has 1 amide bonds. The number of anilines is 1. The van der Waals surface area contributed by atoms with Crippen LogP contribution in [0.15, 0.2) is 39.0 Å². The second-order valence-electron chi connectivity index (χ2n) is 5.18. The molecule has 0 spiro atoms. The second-order valence-corrected chi connectivity index (χ2v) is 6.80. The summed E-state index contributed by atoms with van der Waals surface area (Å²) in [6, 6.07) is 3.68. The van der Waals surface area contributed by atoms with E-state index in [4.69, 9.17) is 9.51 Å². The van der Waals surface area contributed by atoms with Gasteiger partial charge in [-0.2, -0.15) is 11.3 Å². The average molecular weight is 346 g/mol. The molecular formula is C15H14N4O2S2. The van der Waals surface area contributed by atoms with Crippen molar-refractivity contribution in [2.24, 2.45) is 0 Å². The predicted molar refractivity (Wildman–Crippen MR) is 90.0 cm³/mol. The molecule has 0 N–H and O–H groups in total. The highest BCUT2D eigenvalue weighted by Crippen LogP contribution is 2.29. The Morgan fingerprint density at radius 2 is 2.04 bits per heavy atom. The van der Waals surface area contributed by atoms with Crippen LogP contribution in [0.4, 0.5) is 5.13 Å². The smallest absolute Gasteiger partial charge is 0.292 e. The average Bonchev–Trinajstić information content (AvgIpc) is 3.36. The van der Waals surface area contributed by atoms with E-state index in [1.54, 1.807) is 33.6 Å². The van der Waals surface area contributed by atoms with E-state index in [-0.39, 0.29) is 5.91 Å². The van der Waals surface area contributed by atoms with Crippen molar-refractivity contribution in [3.05, 3.63) is 40.2 Å². The summed E-state index contributed by atoms with van der Waals surface area (Å²) in [5.41, 5.74) is 2.18. The summed E-state index contributed by atoms with van der Waals surface area (Å²) in [5.74, 6) is 0.202. The number of hydrogen-bond acceptors (Lipinski definition) is 7. The number of thiophene rings is 1. The third-order valence-corrected chi connectivity index (χ3v) is 5.38. The molecule has 1 saturated heterocycles. The number of carbonyl (C=O) groups excluding carboxylic acids is 1. The van der Waals surface area contributed by atoms with Gasteiger partial charge < -0.3 is 14.3 Å². The molecular weight excluding hydrogens is 332 g/mol. The monoisotopic (exact) mass is 346 g/mol. The van der Waals surface area contributed by atoms with Gasteiger partial charge in [0.2, 0.25) is 5.76 Å². The van der Waals surface area contributed by atoms with Gasteiger partial charge in [-0.25, -0.2) is 4.98 Å². The van der Waals surface area contributed by atoms with E-state index in [2.05, 4.69) is 32.3 Å². The Morgan fingerprint density at radius 3 is 2.74 bits per heavy atom. The van der Waals surface area contributed by atoms with Crippen LogP contribution in [0.25, 0.3) is 11.3 Å². The lowest BCUT2D eigenvalue weighted by molar-refractivity contribution is 0.0705. The zero-order valence-corrected chi connectivity index (χ0v) is 13.8. The van der Waals surface area contributed by atoms with Crippen LogP contribution in [-0.2, 0) is 0 Å². The molecule has 118 valence electrons. The Hall–Kier alpha value is -2.19. The second kappa shape index (κ2) is 6.13. The van der Waals surface area contributed by atoms with Crippen molar-refractivity contribution in [2.45, 2.75) is 0 Å². The number of aromatic nitrogens is 2. The fourth-order valence-corrected chi connectivity index (χ4v) is 4.07. The summed E-state index contributed by atoms with van der Waals surface area (Å²) in [6.45, 7) is 2.87. The van der Waals surface area contributed by atoms with E-state index in [0.29, 0.717) is 18.8 Å². The number of hydrogen-bond donors (Lipinski definition) is 0. The largest absolute Gasteiger partial charge is 0.351 e. The molecule has 0 bridgehead atoms. The van der Waals surface area contributed by atoms with Crippen LogP contribution in [0.5, 0.6) is 0 Å². The van der Waals surface area contributed by atoms with Gasteiger partial charge >= 0.3 is 0 Å². The van der Waals surface area contributed by atoms with Crippen LogP contribution in [0.2, 0.25) is 0 Å². The van der Waals surface area contributed by atoms with E-state index in [9.17, 15) is 4.79 Å². The third-order valence-electron chi connectivity index (χ3n) is 3.80. The molecule has 0 unspecified atom stereocenters. The van der Waals surface area contributed by atoms with Crippen LogP contribution < -0.4 is 4.90 Å². The van der Waals surface area contributed by atoms with Crippen LogP contribution in [0.3, 0.4) is 0 Å². The first-order valence-corrected chi connectivity index (χ1v) is 9.06. The minimum Gasteiger partial charge on any atom is -0.351 e. The van der Waals surface area contributed by atoms with E-state index in [1.807, 2.05) is 0 Å². The summed E-state index contributed by atoms with van der Waals surface area (Å²) in [4.78, 5) is 21.0.